The summed E-state index contributed by atoms with van der Waals surface area (Å²) < 4.78 is 79.6. The molecular formula is C12H14F6O2. The molecule has 0 heterocycles. The fourth-order valence-corrected chi connectivity index (χ4v) is 2.73. The lowest BCUT2D eigenvalue weighted by Gasteiger charge is -2.27. The van der Waals surface area contributed by atoms with Gasteiger partial charge in [-0.2, -0.15) is 22.0 Å². The minimum Gasteiger partial charge on any atom is -0.381 e. The second-order valence-corrected chi connectivity index (χ2v) is 5.30. The Morgan fingerprint density at radius 2 is 1.80 bits per heavy atom. The van der Waals surface area contributed by atoms with Crippen LogP contribution in [-0.2, 0) is 4.74 Å². The molecule has 5 atom stereocenters. The number of halogens is 6. The third-order valence-corrected chi connectivity index (χ3v) is 3.84. The van der Waals surface area contributed by atoms with Gasteiger partial charge in [0.25, 0.3) is 0 Å². The second-order valence-electron chi connectivity index (χ2n) is 5.30. The Morgan fingerprint density at radius 1 is 1.15 bits per heavy atom. The van der Waals surface area contributed by atoms with Crippen molar-refractivity contribution >= 4 is 0 Å². The van der Waals surface area contributed by atoms with Crippen LogP contribution < -0.4 is 0 Å². The molecule has 8 heteroatoms. The molecule has 1 fully saturated rings. The lowest BCUT2D eigenvalue weighted by atomic mass is 9.94. The first-order valence-electron chi connectivity index (χ1n) is 6.20. The van der Waals surface area contributed by atoms with Crippen LogP contribution in [0.2, 0.25) is 0 Å². The first-order valence-corrected chi connectivity index (χ1v) is 6.20. The van der Waals surface area contributed by atoms with E-state index in [1.54, 1.807) is 0 Å². The normalized spacial score (nSPS) is 32.6. The van der Waals surface area contributed by atoms with Crippen LogP contribution in [0.25, 0.3) is 0 Å². The summed E-state index contributed by atoms with van der Waals surface area (Å²) >= 11 is 0. The Morgan fingerprint density at radius 3 is 2.25 bits per heavy atom. The second kappa shape index (κ2) is 5.22. The van der Waals surface area contributed by atoms with E-state index in [4.69, 9.17) is 5.11 Å². The Labute approximate surface area is 111 Å². The van der Waals surface area contributed by atoms with Crippen LogP contribution in [0.3, 0.4) is 0 Å². The van der Waals surface area contributed by atoms with Crippen LogP contribution in [0.5, 0.6) is 0 Å². The van der Waals surface area contributed by atoms with E-state index in [9.17, 15) is 26.3 Å². The van der Waals surface area contributed by atoms with Gasteiger partial charge in [-0.3, -0.25) is 0 Å². The van der Waals surface area contributed by atoms with Crippen LogP contribution in [0.4, 0.5) is 26.3 Å². The molecule has 0 amide bonds. The van der Waals surface area contributed by atoms with Gasteiger partial charge < -0.3 is 9.84 Å². The first-order chi connectivity index (χ1) is 9.11. The van der Waals surface area contributed by atoms with Gasteiger partial charge in [-0.15, -0.1) is 0 Å². The maximum Gasteiger partial charge on any atom is 0.417 e. The summed E-state index contributed by atoms with van der Waals surface area (Å²) in [6, 6.07) is 0. The molecule has 0 saturated heterocycles. The van der Waals surface area contributed by atoms with E-state index >= 15 is 0 Å². The number of alkyl halides is 6. The van der Waals surface area contributed by atoms with Crippen LogP contribution in [0.1, 0.15) is 12.8 Å². The van der Waals surface area contributed by atoms with Gasteiger partial charge in [0.15, 0.2) is 6.10 Å². The van der Waals surface area contributed by atoms with Crippen LogP contribution in [0.15, 0.2) is 12.2 Å². The molecule has 116 valence electrons. The average Bonchev–Trinajstić information content (AvgIpc) is 2.95. The summed E-state index contributed by atoms with van der Waals surface area (Å²) in [5.74, 6) is 0.0941. The molecule has 0 aromatic rings. The molecule has 0 aromatic carbocycles. The smallest absolute Gasteiger partial charge is 0.381 e. The number of hydrogen-bond acceptors (Lipinski definition) is 2. The molecule has 2 aliphatic rings. The molecule has 2 rings (SSSR count). The van der Waals surface area contributed by atoms with E-state index in [-0.39, 0.29) is 17.8 Å². The fraction of sp³-hybridized carbons (Fsp3) is 0.833. The van der Waals surface area contributed by atoms with Gasteiger partial charge >= 0.3 is 12.3 Å². The molecule has 0 aliphatic heterocycles. The minimum absolute atomic E-state index is 0.0569. The summed E-state index contributed by atoms with van der Waals surface area (Å²) in [5, 5.41) is 8.52. The van der Waals surface area contributed by atoms with E-state index < -0.39 is 31.2 Å². The fourth-order valence-electron chi connectivity index (χ4n) is 2.73. The van der Waals surface area contributed by atoms with Crippen molar-refractivity contribution in [1.29, 1.82) is 0 Å². The van der Waals surface area contributed by atoms with Crippen molar-refractivity contribution in [3.63, 3.8) is 0 Å². The van der Waals surface area contributed by atoms with E-state index in [2.05, 4.69) is 4.74 Å². The van der Waals surface area contributed by atoms with Crippen molar-refractivity contribution < 1.29 is 36.2 Å². The third kappa shape index (κ3) is 3.11. The highest BCUT2D eigenvalue weighted by Gasteiger charge is 2.56. The number of aliphatic hydroxyl groups excluding tert-OH is 1. The summed E-state index contributed by atoms with van der Waals surface area (Å²) in [4.78, 5) is 0. The molecule has 2 bridgehead atoms. The average molecular weight is 304 g/mol. The third-order valence-electron chi connectivity index (χ3n) is 3.84. The van der Waals surface area contributed by atoms with Crippen molar-refractivity contribution in [3.8, 4) is 0 Å². The number of rotatable bonds is 5. The van der Waals surface area contributed by atoms with Crippen molar-refractivity contribution in [3.05, 3.63) is 12.2 Å². The van der Waals surface area contributed by atoms with E-state index in [0.29, 0.717) is 6.42 Å². The van der Waals surface area contributed by atoms with Gasteiger partial charge in [-0.05, 0) is 30.6 Å². The quantitative estimate of drug-likeness (QED) is 0.625. The van der Waals surface area contributed by atoms with Crippen LogP contribution in [-0.4, -0.2) is 36.3 Å². The maximum absolute atomic E-state index is 13.2. The summed E-state index contributed by atoms with van der Waals surface area (Å²) in [5.41, 5.74) is 0. The zero-order valence-electron chi connectivity index (χ0n) is 10.3. The monoisotopic (exact) mass is 304 g/mol. The van der Waals surface area contributed by atoms with Crippen molar-refractivity contribution in [2.45, 2.75) is 37.4 Å². The number of allylic oxidation sites excluding steroid dienone is 2. The highest BCUT2D eigenvalue weighted by atomic mass is 19.4. The van der Waals surface area contributed by atoms with Gasteiger partial charge in [-0.25, -0.2) is 4.39 Å². The molecule has 20 heavy (non-hydrogen) atoms. The molecule has 1 N–H and O–H groups in total. The topological polar surface area (TPSA) is 29.5 Å². The predicted molar refractivity (Wildman–Crippen MR) is 56.7 cm³/mol. The van der Waals surface area contributed by atoms with Gasteiger partial charge in [0.2, 0.25) is 6.17 Å². The Hall–Kier alpha value is -0.760. The molecule has 2 nitrogen and oxygen atoms in total. The molecule has 5 unspecified atom stereocenters. The molecule has 0 radical (unpaired) electrons. The maximum atomic E-state index is 13.2. The number of fused-ring (bicyclic) bond motifs is 2. The number of ether oxygens (including phenoxy) is 1. The standard InChI is InChI=1S/C12H14F6O2/c13-9(10(19)11(14,15)16)12(17,18)20-5-8-4-6-1-2-7(8)3-6/h1-2,6-10,19H,3-5H2. The van der Waals surface area contributed by atoms with E-state index in [0.717, 1.165) is 6.42 Å². The van der Waals surface area contributed by atoms with E-state index in [1.807, 2.05) is 12.2 Å². The summed E-state index contributed by atoms with van der Waals surface area (Å²) in [6.45, 7) is -0.524. The molecule has 1 saturated carbocycles. The van der Waals surface area contributed by atoms with Crippen molar-refractivity contribution in [2.24, 2.45) is 17.8 Å². The van der Waals surface area contributed by atoms with Crippen molar-refractivity contribution in [1.82, 2.24) is 0 Å². The van der Waals surface area contributed by atoms with Crippen molar-refractivity contribution in [2.75, 3.05) is 6.61 Å². The van der Waals surface area contributed by atoms with E-state index in [1.165, 1.54) is 0 Å². The first kappa shape index (κ1) is 15.6. The van der Waals surface area contributed by atoms with Gasteiger partial charge in [0.1, 0.15) is 0 Å². The molecule has 0 spiro atoms. The summed E-state index contributed by atoms with van der Waals surface area (Å²) in [7, 11) is 0. The Bertz CT molecular complexity index is 381. The van der Waals surface area contributed by atoms with Crippen LogP contribution >= 0.6 is 0 Å². The molecular weight excluding hydrogens is 290 g/mol. The highest BCUT2D eigenvalue weighted by Crippen LogP contribution is 2.44. The largest absolute Gasteiger partial charge is 0.417 e. The SMILES string of the molecule is OC(C(F)C(F)(F)OCC1CC2C=CC1C2)C(F)(F)F. The predicted octanol–water partition coefficient (Wildman–Crippen LogP) is 3.07. The minimum atomic E-state index is -5.46. The Kier molecular flexibility index (Phi) is 4.07. The zero-order chi connectivity index (χ0) is 15.1. The molecule has 2 aliphatic carbocycles. The van der Waals surface area contributed by atoms with Gasteiger partial charge in [0.05, 0.1) is 6.61 Å². The van der Waals surface area contributed by atoms with Gasteiger partial charge in [0, 0.05) is 0 Å². The number of hydrogen-bond donors (Lipinski definition) is 1. The number of aliphatic hydroxyl groups is 1. The Balaban J connectivity index is 1.89. The zero-order valence-corrected chi connectivity index (χ0v) is 10.3. The summed E-state index contributed by atoms with van der Waals surface area (Å²) in [6.07, 6.45) is -12.5. The van der Waals surface area contributed by atoms with Crippen LogP contribution in [0, 0.1) is 17.8 Å². The lowest BCUT2D eigenvalue weighted by molar-refractivity contribution is -0.323. The molecule has 0 aromatic heterocycles. The lowest BCUT2D eigenvalue weighted by Crippen LogP contribution is -2.49. The van der Waals surface area contributed by atoms with Gasteiger partial charge in [-0.1, -0.05) is 12.2 Å². The highest BCUT2D eigenvalue weighted by molar-refractivity contribution is 5.10.